The van der Waals surface area contributed by atoms with Crippen LogP contribution in [0.4, 0.5) is 0 Å². The minimum Gasteiger partial charge on any atom is -0.497 e. The van der Waals surface area contributed by atoms with Crippen LogP contribution in [0.1, 0.15) is 33.3 Å². The molecule has 186 valence electrons. The number of methoxy groups -OCH3 is 1. The van der Waals surface area contributed by atoms with Gasteiger partial charge in [-0.15, -0.1) is 11.3 Å². The highest BCUT2D eigenvalue weighted by molar-refractivity contribution is 7.21. The van der Waals surface area contributed by atoms with Crippen molar-refractivity contribution in [1.29, 1.82) is 0 Å². The van der Waals surface area contributed by atoms with E-state index >= 15 is 0 Å². The van der Waals surface area contributed by atoms with Gasteiger partial charge in [0.25, 0.3) is 0 Å². The lowest BCUT2D eigenvalue weighted by Gasteiger charge is -2.13. The summed E-state index contributed by atoms with van der Waals surface area (Å²) in [5.41, 5.74) is 9.98. The van der Waals surface area contributed by atoms with E-state index in [0.717, 1.165) is 26.8 Å². The SMILES string of the molecule is CCOC(=O)Cc1ccc(OC)cc1OCc1c(C(=O)O)sc2ccc(-c3cccc(CN)c3)cc12. The number of hydrogen-bond donors (Lipinski definition) is 2. The third kappa shape index (κ3) is 5.50. The lowest BCUT2D eigenvalue weighted by atomic mass is 10.0. The molecule has 0 radical (unpaired) electrons. The van der Waals surface area contributed by atoms with Gasteiger partial charge in [0.15, 0.2) is 0 Å². The highest BCUT2D eigenvalue weighted by Gasteiger charge is 2.20. The number of benzene rings is 3. The third-order valence-corrected chi connectivity index (χ3v) is 6.97. The molecule has 7 nitrogen and oxygen atoms in total. The van der Waals surface area contributed by atoms with Crippen LogP contribution in [0.15, 0.2) is 60.7 Å². The molecule has 1 heterocycles. The summed E-state index contributed by atoms with van der Waals surface area (Å²) in [5, 5.41) is 10.7. The molecule has 0 fully saturated rings. The van der Waals surface area contributed by atoms with Gasteiger partial charge in [0.2, 0.25) is 0 Å². The summed E-state index contributed by atoms with van der Waals surface area (Å²) in [6.45, 7) is 2.48. The van der Waals surface area contributed by atoms with Crippen LogP contribution in [0.3, 0.4) is 0 Å². The predicted octanol–water partition coefficient (Wildman–Crippen LogP) is 5.42. The van der Waals surface area contributed by atoms with E-state index in [4.69, 9.17) is 19.9 Å². The van der Waals surface area contributed by atoms with E-state index in [0.29, 0.717) is 29.2 Å². The Balaban J connectivity index is 1.72. The van der Waals surface area contributed by atoms with Crippen LogP contribution in [-0.4, -0.2) is 30.8 Å². The Bertz CT molecular complexity index is 1410. The second-order valence-corrected chi connectivity index (χ2v) is 9.13. The molecule has 0 aliphatic rings. The van der Waals surface area contributed by atoms with Crippen molar-refractivity contribution in [2.24, 2.45) is 5.73 Å². The fraction of sp³-hybridized carbons (Fsp3) is 0.214. The quantitative estimate of drug-likeness (QED) is 0.277. The van der Waals surface area contributed by atoms with Gasteiger partial charge in [-0.05, 0) is 47.9 Å². The molecule has 0 unspecified atom stereocenters. The van der Waals surface area contributed by atoms with Gasteiger partial charge in [-0.3, -0.25) is 4.79 Å². The van der Waals surface area contributed by atoms with E-state index in [1.54, 1.807) is 32.2 Å². The minimum atomic E-state index is -1.01. The maximum absolute atomic E-state index is 12.1. The number of thiophene rings is 1. The zero-order valence-electron chi connectivity index (χ0n) is 20.1. The number of carbonyl (C=O) groups is 2. The molecule has 8 heteroatoms. The van der Waals surface area contributed by atoms with E-state index in [2.05, 4.69) is 0 Å². The Morgan fingerprint density at radius 1 is 1.03 bits per heavy atom. The first kappa shape index (κ1) is 25.2. The lowest BCUT2D eigenvalue weighted by Crippen LogP contribution is -2.09. The smallest absolute Gasteiger partial charge is 0.346 e. The Labute approximate surface area is 213 Å². The van der Waals surface area contributed by atoms with Gasteiger partial charge < -0.3 is 25.1 Å². The fourth-order valence-electron chi connectivity index (χ4n) is 3.98. The van der Waals surface area contributed by atoms with Crippen LogP contribution in [-0.2, 0) is 29.1 Å². The van der Waals surface area contributed by atoms with E-state index in [9.17, 15) is 14.7 Å². The molecule has 0 bridgehead atoms. The summed E-state index contributed by atoms with van der Waals surface area (Å²) < 4.78 is 17.4. The van der Waals surface area contributed by atoms with Crippen molar-refractivity contribution in [2.75, 3.05) is 13.7 Å². The fourth-order valence-corrected chi connectivity index (χ4v) is 5.01. The average Bonchev–Trinajstić information content (AvgIpc) is 3.26. The summed E-state index contributed by atoms with van der Waals surface area (Å²) in [4.78, 5) is 24.4. The number of carbonyl (C=O) groups excluding carboxylic acids is 1. The first-order valence-corrected chi connectivity index (χ1v) is 12.3. The molecule has 0 atom stereocenters. The monoisotopic (exact) mass is 505 g/mol. The highest BCUT2D eigenvalue weighted by Crippen LogP contribution is 2.36. The summed E-state index contributed by atoms with van der Waals surface area (Å²) >= 11 is 1.21. The molecule has 1 aromatic heterocycles. The van der Waals surface area contributed by atoms with E-state index < -0.39 is 5.97 Å². The van der Waals surface area contributed by atoms with Crippen molar-refractivity contribution in [1.82, 2.24) is 0 Å². The number of hydrogen-bond acceptors (Lipinski definition) is 7. The van der Waals surface area contributed by atoms with E-state index in [1.165, 1.54) is 11.3 Å². The number of carboxylic acids is 1. The van der Waals surface area contributed by atoms with Crippen LogP contribution in [0.25, 0.3) is 21.2 Å². The van der Waals surface area contributed by atoms with Crippen LogP contribution < -0.4 is 15.2 Å². The topological polar surface area (TPSA) is 108 Å². The van der Waals surface area contributed by atoms with Crippen molar-refractivity contribution in [3.8, 4) is 22.6 Å². The molecule has 0 saturated heterocycles. The number of aromatic carboxylic acids is 1. The first-order chi connectivity index (χ1) is 17.4. The normalized spacial score (nSPS) is 10.9. The number of carboxylic acid groups (broad SMARTS) is 1. The summed E-state index contributed by atoms with van der Waals surface area (Å²) in [5.74, 6) is -0.388. The highest BCUT2D eigenvalue weighted by atomic mass is 32.1. The molecule has 0 spiro atoms. The number of rotatable bonds is 10. The minimum absolute atomic E-state index is 0.0108. The van der Waals surface area contributed by atoms with Gasteiger partial charge in [0.05, 0.1) is 20.1 Å². The lowest BCUT2D eigenvalue weighted by molar-refractivity contribution is -0.142. The van der Waals surface area contributed by atoms with Gasteiger partial charge in [0.1, 0.15) is 23.0 Å². The van der Waals surface area contributed by atoms with Crippen molar-refractivity contribution >= 4 is 33.4 Å². The predicted molar refractivity (Wildman–Crippen MR) is 140 cm³/mol. The van der Waals surface area contributed by atoms with Crippen molar-refractivity contribution in [2.45, 2.75) is 26.5 Å². The molecular formula is C28H27NO6S. The maximum Gasteiger partial charge on any atom is 0.346 e. The second kappa shape index (κ2) is 11.2. The second-order valence-electron chi connectivity index (χ2n) is 8.07. The molecular weight excluding hydrogens is 478 g/mol. The first-order valence-electron chi connectivity index (χ1n) is 11.5. The summed E-state index contributed by atoms with van der Waals surface area (Å²) in [6, 6.07) is 19.0. The van der Waals surface area contributed by atoms with Crippen LogP contribution in [0.5, 0.6) is 11.5 Å². The molecule has 4 rings (SSSR count). The Kier molecular flexibility index (Phi) is 7.87. The van der Waals surface area contributed by atoms with Crippen LogP contribution >= 0.6 is 11.3 Å². The van der Waals surface area contributed by atoms with E-state index in [1.807, 2.05) is 42.5 Å². The zero-order chi connectivity index (χ0) is 25.7. The number of nitrogens with two attached hydrogens (primary N) is 1. The standard InChI is InChI=1S/C28H27NO6S/c1-3-34-26(30)13-20-7-9-21(33-2)14-24(20)35-16-23-22-12-19(18-6-4-5-17(11-18)15-29)8-10-25(22)36-27(23)28(31)32/h4-12,14H,3,13,15-16,29H2,1-2H3,(H,31,32). The number of fused-ring (bicyclic) bond motifs is 1. The Morgan fingerprint density at radius 2 is 1.83 bits per heavy atom. The zero-order valence-corrected chi connectivity index (χ0v) is 20.9. The number of esters is 1. The van der Waals surface area contributed by atoms with Gasteiger partial charge in [-0.2, -0.15) is 0 Å². The Hall–Kier alpha value is -3.88. The van der Waals surface area contributed by atoms with Crippen LogP contribution in [0.2, 0.25) is 0 Å². The largest absolute Gasteiger partial charge is 0.497 e. The van der Waals surface area contributed by atoms with Crippen molar-refractivity contribution < 1.29 is 28.9 Å². The number of ether oxygens (including phenoxy) is 3. The summed E-state index contributed by atoms with van der Waals surface area (Å²) in [7, 11) is 1.54. The van der Waals surface area contributed by atoms with Crippen molar-refractivity contribution in [3.05, 3.63) is 82.2 Å². The van der Waals surface area contributed by atoms with Gasteiger partial charge >= 0.3 is 11.9 Å². The average molecular weight is 506 g/mol. The molecule has 0 aliphatic carbocycles. The molecule has 3 N–H and O–H groups in total. The van der Waals surface area contributed by atoms with Crippen LogP contribution in [0, 0.1) is 0 Å². The van der Waals surface area contributed by atoms with Crippen molar-refractivity contribution in [3.63, 3.8) is 0 Å². The maximum atomic E-state index is 12.1. The van der Waals surface area contributed by atoms with E-state index in [-0.39, 0.29) is 30.5 Å². The molecule has 0 saturated carbocycles. The van der Waals surface area contributed by atoms with Gasteiger partial charge in [-0.1, -0.05) is 30.3 Å². The van der Waals surface area contributed by atoms with Gasteiger partial charge in [-0.25, -0.2) is 4.79 Å². The molecule has 3 aromatic carbocycles. The third-order valence-electron chi connectivity index (χ3n) is 5.77. The molecule has 4 aromatic rings. The van der Waals surface area contributed by atoms with Gasteiger partial charge in [0, 0.05) is 33.8 Å². The molecule has 36 heavy (non-hydrogen) atoms. The molecule has 0 amide bonds. The summed E-state index contributed by atoms with van der Waals surface area (Å²) in [6.07, 6.45) is 0.0327. The Morgan fingerprint density at radius 3 is 2.56 bits per heavy atom. The molecule has 0 aliphatic heterocycles.